The van der Waals surface area contributed by atoms with Crippen LogP contribution in [0.5, 0.6) is 11.5 Å². The van der Waals surface area contributed by atoms with E-state index in [-0.39, 0.29) is 40.5 Å². The maximum Gasteiger partial charge on any atom is 0.355 e. The van der Waals surface area contributed by atoms with Crippen LogP contribution < -0.4 is 15.1 Å². The molecule has 1 aromatic heterocycles. The van der Waals surface area contributed by atoms with Crippen molar-refractivity contribution in [1.82, 2.24) is 0 Å². The molecule has 49 heavy (non-hydrogen) atoms. The minimum Gasteiger partial charge on any atom is -0.496 e. The van der Waals surface area contributed by atoms with E-state index in [0.29, 0.717) is 23.8 Å². The van der Waals surface area contributed by atoms with Crippen molar-refractivity contribution >= 4 is 46.4 Å². The van der Waals surface area contributed by atoms with E-state index in [9.17, 15) is 24.0 Å². The lowest BCUT2D eigenvalue weighted by atomic mass is 9.66. The molecule has 12 nitrogen and oxygen atoms in total. The molecule has 7 rings (SSSR count). The minimum absolute atomic E-state index is 0.0498. The van der Waals surface area contributed by atoms with Crippen LogP contribution in [0.2, 0.25) is 5.02 Å². The van der Waals surface area contributed by atoms with Gasteiger partial charge in [0.25, 0.3) is 0 Å². The summed E-state index contributed by atoms with van der Waals surface area (Å²) in [4.78, 5) is 68.3. The molecule has 4 heterocycles. The van der Waals surface area contributed by atoms with Gasteiger partial charge in [0.15, 0.2) is 17.8 Å². The summed E-state index contributed by atoms with van der Waals surface area (Å²) in [7, 11) is 1.43. The molecule has 0 radical (unpaired) electrons. The largest absolute Gasteiger partial charge is 0.496 e. The molecule has 6 atom stereocenters. The van der Waals surface area contributed by atoms with Gasteiger partial charge in [-0.3, -0.25) is 9.59 Å². The Hall–Kier alpha value is -3.80. The summed E-state index contributed by atoms with van der Waals surface area (Å²) < 4.78 is 42.3. The van der Waals surface area contributed by atoms with E-state index in [1.54, 1.807) is 68.4 Å². The van der Waals surface area contributed by atoms with Gasteiger partial charge >= 0.3 is 29.5 Å². The van der Waals surface area contributed by atoms with Crippen LogP contribution in [0.25, 0.3) is 11.0 Å². The highest BCUT2D eigenvalue weighted by Gasteiger charge is 2.78. The number of hydrogen-bond donors (Lipinski definition) is 0. The molecule has 3 aliphatic heterocycles. The molecule has 0 N–H and O–H groups in total. The third kappa shape index (κ3) is 3.73. The highest BCUT2D eigenvalue weighted by atomic mass is 35.5. The first-order valence-electron chi connectivity index (χ1n) is 16.5. The van der Waals surface area contributed by atoms with Crippen LogP contribution in [-0.4, -0.2) is 53.9 Å². The molecule has 0 spiro atoms. The second-order valence-electron chi connectivity index (χ2n) is 16.2. The van der Waals surface area contributed by atoms with E-state index in [0.717, 1.165) is 0 Å². The van der Waals surface area contributed by atoms with Crippen molar-refractivity contribution in [3.8, 4) is 11.5 Å². The van der Waals surface area contributed by atoms with Crippen molar-refractivity contribution in [1.29, 1.82) is 0 Å². The third-order valence-electron chi connectivity index (χ3n) is 13.5. The average molecular weight is 701 g/mol. The first-order valence-corrected chi connectivity index (χ1v) is 16.9. The van der Waals surface area contributed by atoms with E-state index < -0.39 is 80.2 Å². The number of rotatable bonds is 5. The normalized spacial score (nSPS) is 35.7. The molecule has 2 aromatic rings. The molecule has 4 unspecified atom stereocenters. The fourth-order valence-corrected chi connectivity index (χ4v) is 9.14. The average Bonchev–Trinajstić information content (AvgIpc) is 3.48. The number of hydrogen-bond acceptors (Lipinski definition) is 12. The smallest absolute Gasteiger partial charge is 0.355 e. The Morgan fingerprint density at radius 1 is 0.796 bits per heavy atom. The molecule has 2 aliphatic carbocycles. The van der Waals surface area contributed by atoms with E-state index in [1.165, 1.54) is 7.11 Å². The van der Waals surface area contributed by atoms with E-state index in [1.807, 2.05) is 0 Å². The molecule has 4 bridgehead atoms. The summed E-state index contributed by atoms with van der Waals surface area (Å²) in [6, 6.07) is 1.56. The van der Waals surface area contributed by atoms with Gasteiger partial charge in [-0.1, -0.05) is 39.3 Å². The molecule has 264 valence electrons. The molecule has 5 aliphatic rings. The maximum absolute atomic E-state index is 14.6. The Balaban J connectivity index is 1.41. The summed E-state index contributed by atoms with van der Waals surface area (Å²) >= 11 is 6.34. The van der Waals surface area contributed by atoms with Crippen molar-refractivity contribution in [3.05, 3.63) is 32.6 Å². The monoisotopic (exact) mass is 700 g/mol. The van der Waals surface area contributed by atoms with E-state index in [4.69, 9.17) is 44.4 Å². The number of carbonyl (C=O) groups excluding carboxylic acids is 4. The molecule has 2 saturated carbocycles. The molecule has 13 heteroatoms. The van der Waals surface area contributed by atoms with Crippen LogP contribution in [0.1, 0.15) is 98.3 Å². The predicted molar refractivity (Wildman–Crippen MR) is 172 cm³/mol. The van der Waals surface area contributed by atoms with Crippen LogP contribution in [0.3, 0.4) is 0 Å². The summed E-state index contributed by atoms with van der Waals surface area (Å²) in [5.41, 5.74) is -8.86. The number of ether oxygens (including phenoxy) is 6. The fraction of sp³-hybridized carbons (Fsp3) is 0.639. The number of aryl methyl sites for hydroxylation is 1. The Kier molecular flexibility index (Phi) is 6.67. The van der Waals surface area contributed by atoms with Gasteiger partial charge in [-0.05, 0) is 65.9 Å². The predicted octanol–water partition coefficient (Wildman–Crippen LogP) is 5.67. The summed E-state index contributed by atoms with van der Waals surface area (Å²) in [5, 5.41) is 0.146. The molecular weight excluding hydrogens is 660 g/mol. The second-order valence-corrected chi connectivity index (χ2v) is 16.6. The molecule has 4 fully saturated rings. The lowest BCUT2D eigenvalue weighted by Crippen LogP contribution is -2.57. The van der Waals surface area contributed by atoms with Crippen LogP contribution in [0, 0.1) is 28.6 Å². The zero-order valence-corrected chi connectivity index (χ0v) is 30.1. The van der Waals surface area contributed by atoms with Crippen LogP contribution in [0.15, 0.2) is 15.3 Å². The van der Waals surface area contributed by atoms with Gasteiger partial charge in [0.05, 0.1) is 28.9 Å². The first kappa shape index (κ1) is 33.7. The van der Waals surface area contributed by atoms with Gasteiger partial charge in [-0.25, -0.2) is 14.4 Å². The third-order valence-corrected chi connectivity index (χ3v) is 13.9. The van der Waals surface area contributed by atoms with Gasteiger partial charge in [-0.15, -0.1) is 0 Å². The standard InChI is InChI=1S/C36H41ClO12/c1-16-19-17(43-10)15-18-20(22(19)44-25(38)21(16)37)23(45-28(41)35-13-11-33(8,26(39)48-35)31(35,4)5)24(30(2,3)47-18)46-29(42)36-14-12-34(9,27(40)49-36)32(36,6)7/h15,23-24H,11-14H2,1-10H3/t23-,24-,33?,34?,35?,36?/m1/s1. The van der Waals surface area contributed by atoms with Gasteiger partial charge in [0, 0.05) is 16.9 Å². The highest BCUT2D eigenvalue weighted by molar-refractivity contribution is 6.32. The Bertz CT molecular complexity index is 1960. The number of carbonyl (C=O) groups is 4. The van der Waals surface area contributed by atoms with Gasteiger partial charge < -0.3 is 32.8 Å². The Morgan fingerprint density at radius 3 is 1.76 bits per heavy atom. The Morgan fingerprint density at radius 2 is 1.31 bits per heavy atom. The topological polar surface area (TPSA) is 154 Å². The van der Waals surface area contributed by atoms with Crippen molar-refractivity contribution < 1.29 is 52.0 Å². The number of fused-ring (bicyclic) bond motifs is 7. The van der Waals surface area contributed by atoms with Crippen molar-refractivity contribution in [2.45, 2.75) is 117 Å². The number of halogens is 1. The van der Waals surface area contributed by atoms with Crippen LogP contribution in [-0.2, 0) is 38.1 Å². The van der Waals surface area contributed by atoms with Gasteiger partial charge in [0.2, 0.25) is 11.2 Å². The summed E-state index contributed by atoms with van der Waals surface area (Å²) in [5.74, 6) is -2.26. The minimum atomic E-state index is -1.65. The van der Waals surface area contributed by atoms with Crippen molar-refractivity contribution in [2.24, 2.45) is 21.7 Å². The van der Waals surface area contributed by atoms with E-state index >= 15 is 0 Å². The van der Waals surface area contributed by atoms with Crippen molar-refractivity contribution in [2.75, 3.05) is 7.11 Å². The number of esters is 4. The zero-order valence-electron chi connectivity index (χ0n) is 29.3. The summed E-state index contributed by atoms with van der Waals surface area (Å²) in [6.07, 6.45) is -1.59. The SMILES string of the molecule is COc1cc2c(c3oc(=O)c(Cl)c(C)c13)[C@@H](OC(=O)C13CCC(C)(C(=O)O1)C3(C)C)[C@@H](OC(=O)C13CCC(C)(C(=O)O1)C3(C)C)C(C)(C)O2. The lowest BCUT2D eigenvalue weighted by Gasteiger charge is -2.46. The quantitative estimate of drug-likeness (QED) is 0.214. The first-order chi connectivity index (χ1) is 22.6. The number of methoxy groups -OCH3 is 1. The second kappa shape index (κ2) is 9.70. The highest BCUT2D eigenvalue weighted by Crippen LogP contribution is 2.68. The van der Waals surface area contributed by atoms with Crippen LogP contribution >= 0.6 is 11.6 Å². The van der Waals surface area contributed by atoms with Gasteiger partial charge in [-0.2, -0.15) is 0 Å². The van der Waals surface area contributed by atoms with E-state index in [2.05, 4.69) is 0 Å². The van der Waals surface area contributed by atoms with Gasteiger partial charge in [0.1, 0.15) is 22.1 Å². The zero-order chi connectivity index (χ0) is 36.1. The summed E-state index contributed by atoms with van der Waals surface area (Å²) in [6.45, 7) is 15.7. The molecule has 1 aromatic carbocycles. The lowest BCUT2D eigenvalue weighted by molar-refractivity contribution is -0.217. The molecule has 0 amide bonds. The molecule has 2 saturated heterocycles. The Labute approximate surface area is 288 Å². The van der Waals surface area contributed by atoms with Crippen molar-refractivity contribution in [3.63, 3.8) is 0 Å². The molecular formula is C36H41ClO12. The fourth-order valence-electron chi connectivity index (χ4n) is 9.01. The number of benzene rings is 1. The van der Waals surface area contributed by atoms with Crippen LogP contribution in [0.4, 0.5) is 0 Å². The maximum atomic E-state index is 14.6.